The molecule has 1 saturated heterocycles. The van der Waals surface area contributed by atoms with E-state index in [1.807, 2.05) is 62.4 Å². The van der Waals surface area contributed by atoms with E-state index in [0.29, 0.717) is 16.5 Å². The molecule has 1 aromatic heterocycles. The second-order valence-corrected chi connectivity index (χ2v) is 8.80. The monoisotopic (exact) mass is 479 g/mol. The number of rotatable bonds is 7. The van der Waals surface area contributed by atoms with Crippen LogP contribution in [-0.2, 0) is 9.53 Å². The molecule has 0 saturated carbocycles. The van der Waals surface area contributed by atoms with E-state index >= 15 is 0 Å². The number of pyridine rings is 1. The van der Waals surface area contributed by atoms with Crippen LogP contribution in [0.15, 0.2) is 72.9 Å². The van der Waals surface area contributed by atoms with Gasteiger partial charge in [0, 0.05) is 23.2 Å². The summed E-state index contributed by atoms with van der Waals surface area (Å²) in [6, 6.07) is 18.3. The van der Waals surface area contributed by atoms with E-state index in [9.17, 15) is 9.59 Å². The number of nitrogens with zero attached hydrogens (tertiary/aromatic N) is 2. The van der Waals surface area contributed by atoms with Crippen molar-refractivity contribution < 1.29 is 19.1 Å². The Balaban J connectivity index is 1.68. The number of nitrogens with two attached hydrogens (primary N) is 1. The fourth-order valence-corrected chi connectivity index (χ4v) is 4.18. The standard InChI is InChI=1S/C26H26ClN3O4/c1-16(2)34-22-13-10-19(14-29-22)23(18-8-11-20(27)12-9-18)24(28)25(31)30-21(15-33-26(30)32)17-6-4-3-5-7-17/h3-14,16,21,23-24H,15,28H2,1-2H3/t21-,23+,24+/m1/s1. The third-order valence-electron chi connectivity index (χ3n) is 5.64. The fraction of sp³-hybridized carbons (Fsp3) is 0.269. The zero-order valence-corrected chi connectivity index (χ0v) is 19.7. The first kappa shape index (κ1) is 23.7. The van der Waals surface area contributed by atoms with Crippen molar-refractivity contribution in [3.63, 3.8) is 0 Å². The van der Waals surface area contributed by atoms with Gasteiger partial charge in [0.25, 0.3) is 5.91 Å². The summed E-state index contributed by atoms with van der Waals surface area (Å²) in [6.07, 6.45) is 0.912. The van der Waals surface area contributed by atoms with Crippen molar-refractivity contribution >= 4 is 23.6 Å². The molecule has 2 heterocycles. The molecule has 4 rings (SSSR count). The van der Waals surface area contributed by atoms with Gasteiger partial charge >= 0.3 is 6.09 Å². The van der Waals surface area contributed by atoms with Crippen molar-refractivity contribution in [1.29, 1.82) is 0 Å². The molecular formula is C26H26ClN3O4. The van der Waals surface area contributed by atoms with E-state index in [1.54, 1.807) is 24.4 Å². The maximum Gasteiger partial charge on any atom is 0.417 e. The lowest BCUT2D eigenvalue weighted by molar-refractivity contribution is -0.131. The fourth-order valence-electron chi connectivity index (χ4n) is 4.05. The van der Waals surface area contributed by atoms with Crippen LogP contribution in [0.3, 0.4) is 0 Å². The largest absolute Gasteiger partial charge is 0.475 e. The van der Waals surface area contributed by atoms with Gasteiger partial charge in [-0.25, -0.2) is 14.7 Å². The Morgan fingerprint density at radius 2 is 1.76 bits per heavy atom. The van der Waals surface area contributed by atoms with Crippen LogP contribution in [-0.4, -0.2) is 40.6 Å². The van der Waals surface area contributed by atoms with Crippen molar-refractivity contribution in [1.82, 2.24) is 9.88 Å². The number of amides is 2. The zero-order chi connectivity index (χ0) is 24.2. The maximum absolute atomic E-state index is 13.6. The molecule has 34 heavy (non-hydrogen) atoms. The second kappa shape index (κ2) is 10.2. The van der Waals surface area contributed by atoms with E-state index in [-0.39, 0.29) is 12.7 Å². The number of aromatic nitrogens is 1. The molecule has 7 nitrogen and oxygen atoms in total. The van der Waals surface area contributed by atoms with Gasteiger partial charge in [-0.05, 0) is 42.7 Å². The lowest BCUT2D eigenvalue weighted by Gasteiger charge is -2.28. The number of cyclic esters (lactones) is 1. The van der Waals surface area contributed by atoms with Crippen LogP contribution < -0.4 is 10.5 Å². The second-order valence-electron chi connectivity index (χ2n) is 8.36. The number of hydrogen-bond donors (Lipinski definition) is 1. The van der Waals surface area contributed by atoms with Crippen LogP contribution in [0.2, 0.25) is 5.02 Å². The number of hydrogen-bond acceptors (Lipinski definition) is 6. The molecule has 0 spiro atoms. The smallest absolute Gasteiger partial charge is 0.417 e. The third kappa shape index (κ3) is 5.05. The van der Waals surface area contributed by atoms with Crippen LogP contribution in [0, 0.1) is 0 Å². The quantitative estimate of drug-likeness (QED) is 0.527. The Morgan fingerprint density at radius 1 is 1.09 bits per heavy atom. The van der Waals surface area contributed by atoms with Crippen LogP contribution in [0.4, 0.5) is 4.79 Å². The number of carbonyl (C=O) groups is 2. The predicted molar refractivity (Wildman–Crippen MR) is 129 cm³/mol. The lowest BCUT2D eigenvalue weighted by Crippen LogP contribution is -2.48. The van der Waals surface area contributed by atoms with Crippen LogP contribution in [0.1, 0.15) is 42.5 Å². The minimum atomic E-state index is -1.07. The summed E-state index contributed by atoms with van der Waals surface area (Å²) in [4.78, 5) is 31.7. The van der Waals surface area contributed by atoms with E-state index in [0.717, 1.165) is 16.0 Å². The molecule has 3 atom stereocenters. The highest BCUT2D eigenvalue weighted by Gasteiger charge is 2.43. The van der Waals surface area contributed by atoms with Crippen LogP contribution in [0.25, 0.3) is 0 Å². The SMILES string of the molecule is CC(C)Oc1ccc([C@H](c2ccc(Cl)cc2)[C@H](N)C(=O)N2C(=O)OC[C@@H]2c2ccccc2)cn1. The Labute approximate surface area is 203 Å². The van der Waals surface area contributed by atoms with Gasteiger partial charge in [0.15, 0.2) is 0 Å². The van der Waals surface area contributed by atoms with Gasteiger partial charge in [-0.3, -0.25) is 4.79 Å². The highest BCUT2D eigenvalue weighted by molar-refractivity contribution is 6.30. The number of benzene rings is 2. The average molecular weight is 480 g/mol. The van der Waals surface area contributed by atoms with E-state index < -0.39 is 30.0 Å². The molecule has 0 radical (unpaired) electrons. The molecule has 2 amide bonds. The Kier molecular flexibility index (Phi) is 7.14. The van der Waals surface area contributed by atoms with Crippen LogP contribution >= 0.6 is 11.6 Å². The van der Waals surface area contributed by atoms with Crippen LogP contribution in [0.5, 0.6) is 5.88 Å². The van der Waals surface area contributed by atoms with E-state index in [1.165, 1.54) is 0 Å². The van der Waals surface area contributed by atoms with Gasteiger partial charge in [-0.1, -0.05) is 60.1 Å². The van der Waals surface area contributed by atoms with Gasteiger partial charge in [-0.2, -0.15) is 0 Å². The summed E-state index contributed by atoms with van der Waals surface area (Å²) in [6.45, 7) is 3.91. The summed E-state index contributed by atoms with van der Waals surface area (Å²) in [5.41, 5.74) is 8.86. The third-order valence-corrected chi connectivity index (χ3v) is 5.89. The molecule has 2 N–H and O–H groups in total. The van der Waals surface area contributed by atoms with Crippen molar-refractivity contribution in [3.05, 3.63) is 94.6 Å². The Morgan fingerprint density at radius 3 is 2.38 bits per heavy atom. The highest BCUT2D eigenvalue weighted by atomic mass is 35.5. The summed E-state index contributed by atoms with van der Waals surface area (Å²) in [5, 5.41) is 0.563. The predicted octanol–water partition coefficient (Wildman–Crippen LogP) is 4.70. The molecule has 2 aromatic carbocycles. The maximum atomic E-state index is 13.6. The minimum absolute atomic E-state index is 0.0228. The van der Waals surface area contributed by atoms with E-state index in [2.05, 4.69) is 4.98 Å². The summed E-state index contributed by atoms with van der Waals surface area (Å²) < 4.78 is 10.9. The first-order valence-corrected chi connectivity index (χ1v) is 11.4. The van der Waals surface area contributed by atoms with E-state index in [4.69, 9.17) is 26.8 Å². The molecule has 1 aliphatic heterocycles. The highest BCUT2D eigenvalue weighted by Crippen LogP contribution is 2.33. The summed E-state index contributed by atoms with van der Waals surface area (Å²) >= 11 is 6.09. The number of imide groups is 1. The normalized spacial score (nSPS) is 17.4. The van der Waals surface area contributed by atoms with Gasteiger partial charge in [-0.15, -0.1) is 0 Å². The number of carbonyl (C=O) groups excluding carboxylic acids is 2. The van der Waals surface area contributed by atoms with Gasteiger partial charge in [0.2, 0.25) is 5.88 Å². The van der Waals surface area contributed by atoms with Gasteiger partial charge in [0.05, 0.1) is 12.1 Å². The molecule has 1 aliphatic rings. The van der Waals surface area contributed by atoms with Crippen molar-refractivity contribution in [2.45, 2.75) is 38.0 Å². The molecule has 3 aromatic rings. The molecular weight excluding hydrogens is 454 g/mol. The topological polar surface area (TPSA) is 94.8 Å². The molecule has 1 fully saturated rings. The molecule has 176 valence electrons. The minimum Gasteiger partial charge on any atom is -0.475 e. The summed E-state index contributed by atoms with van der Waals surface area (Å²) in [7, 11) is 0. The Hall–Kier alpha value is -3.42. The molecule has 0 bridgehead atoms. The zero-order valence-electron chi connectivity index (χ0n) is 18.9. The van der Waals surface area contributed by atoms with Gasteiger partial charge < -0.3 is 15.2 Å². The van der Waals surface area contributed by atoms with Gasteiger partial charge in [0.1, 0.15) is 12.6 Å². The molecule has 0 aliphatic carbocycles. The first-order valence-electron chi connectivity index (χ1n) is 11.0. The molecule has 0 unspecified atom stereocenters. The lowest BCUT2D eigenvalue weighted by atomic mass is 9.85. The number of ether oxygens (including phenoxy) is 2. The molecule has 8 heteroatoms. The van der Waals surface area contributed by atoms with Crippen molar-refractivity contribution in [2.24, 2.45) is 5.73 Å². The Bertz CT molecular complexity index is 1140. The first-order chi connectivity index (χ1) is 16.3. The number of halogens is 1. The van der Waals surface area contributed by atoms with Crippen molar-refractivity contribution in [2.75, 3.05) is 6.61 Å². The summed E-state index contributed by atoms with van der Waals surface area (Å²) in [5.74, 6) is -0.630. The average Bonchev–Trinajstić information content (AvgIpc) is 3.22. The van der Waals surface area contributed by atoms with Crippen molar-refractivity contribution in [3.8, 4) is 5.88 Å².